The van der Waals surface area contributed by atoms with Gasteiger partial charge in [0.25, 0.3) is 11.7 Å². The number of carbonyl (C=O) groups is 2. The normalized spacial score (nSPS) is 16.8. The molecule has 8 heteroatoms. The van der Waals surface area contributed by atoms with Crippen molar-refractivity contribution in [2.75, 3.05) is 25.7 Å². The van der Waals surface area contributed by atoms with Gasteiger partial charge in [0.05, 0.1) is 32.4 Å². The highest BCUT2D eigenvalue weighted by Crippen LogP contribution is 2.44. The lowest BCUT2D eigenvalue weighted by atomic mass is 9.94. The van der Waals surface area contributed by atoms with Crippen LogP contribution in [0.3, 0.4) is 0 Å². The molecule has 1 atom stereocenters. The summed E-state index contributed by atoms with van der Waals surface area (Å²) in [5.41, 5.74) is 1.31. The molecule has 0 bridgehead atoms. The number of aryl methyl sites for hydroxylation is 1. The molecular weight excluding hydrogens is 465 g/mol. The fraction of sp³-hybridized carbons (Fsp3) is 0.214. The maximum atomic E-state index is 13.9. The minimum absolute atomic E-state index is 0.124. The molecule has 1 amide bonds. The molecule has 1 heterocycles. The largest absolute Gasteiger partial charge is 0.507 e. The van der Waals surface area contributed by atoms with Gasteiger partial charge in [0.1, 0.15) is 17.3 Å². The zero-order valence-corrected chi connectivity index (χ0v) is 20.4. The molecule has 1 aliphatic heterocycles. The van der Waals surface area contributed by atoms with Gasteiger partial charge in [-0.05, 0) is 67.4 Å². The minimum Gasteiger partial charge on any atom is -0.507 e. The summed E-state index contributed by atoms with van der Waals surface area (Å²) in [6.07, 6.45) is 0. The van der Waals surface area contributed by atoms with E-state index in [9.17, 15) is 19.1 Å². The van der Waals surface area contributed by atoms with Gasteiger partial charge in [-0.1, -0.05) is 12.1 Å². The van der Waals surface area contributed by atoms with Crippen molar-refractivity contribution in [3.8, 4) is 17.2 Å². The third-order valence-corrected chi connectivity index (χ3v) is 6.01. The van der Waals surface area contributed by atoms with Crippen molar-refractivity contribution in [3.63, 3.8) is 0 Å². The van der Waals surface area contributed by atoms with E-state index in [4.69, 9.17) is 14.2 Å². The van der Waals surface area contributed by atoms with Crippen molar-refractivity contribution in [1.29, 1.82) is 0 Å². The molecule has 3 aromatic carbocycles. The first kappa shape index (κ1) is 24.8. The van der Waals surface area contributed by atoms with E-state index in [-0.39, 0.29) is 11.1 Å². The molecule has 4 rings (SSSR count). The summed E-state index contributed by atoms with van der Waals surface area (Å²) >= 11 is 0. The van der Waals surface area contributed by atoms with E-state index in [2.05, 4.69) is 0 Å². The highest BCUT2D eigenvalue weighted by Gasteiger charge is 2.47. The van der Waals surface area contributed by atoms with Crippen LogP contribution < -0.4 is 19.1 Å². The average Bonchev–Trinajstić information content (AvgIpc) is 3.15. The molecule has 0 saturated carbocycles. The summed E-state index contributed by atoms with van der Waals surface area (Å²) < 4.78 is 30.3. The molecule has 1 N–H and O–H groups in total. The number of aliphatic hydroxyl groups excluding tert-OH is 1. The molecule has 0 aromatic heterocycles. The number of ketones is 1. The summed E-state index contributed by atoms with van der Waals surface area (Å²) in [6, 6.07) is 14.8. The predicted octanol–water partition coefficient (Wildman–Crippen LogP) is 5.18. The number of hydrogen-bond donors (Lipinski definition) is 1. The van der Waals surface area contributed by atoms with Crippen molar-refractivity contribution in [1.82, 2.24) is 0 Å². The monoisotopic (exact) mass is 491 g/mol. The van der Waals surface area contributed by atoms with Crippen molar-refractivity contribution in [2.24, 2.45) is 0 Å². The van der Waals surface area contributed by atoms with Crippen LogP contribution in [-0.2, 0) is 9.59 Å². The summed E-state index contributed by atoms with van der Waals surface area (Å²) in [5.74, 6) is -1.14. The molecule has 0 spiro atoms. The van der Waals surface area contributed by atoms with Gasteiger partial charge >= 0.3 is 0 Å². The Morgan fingerprint density at radius 1 is 1.00 bits per heavy atom. The SMILES string of the molecule is CCOc1cc(C2/C(=C(/O)c3ccc(F)c(C)c3)C(=O)C(=O)N2c2cccc(OC)c2)ccc1OC. The van der Waals surface area contributed by atoms with Crippen molar-refractivity contribution in [3.05, 3.63) is 88.7 Å². The Bertz CT molecular complexity index is 1370. The Labute approximate surface area is 208 Å². The molecule has 1 unspecified atom stereocenters. The number of hydrogen-bond acceptors (Lipinski definition) is 6. The number of rotatable bonds is 7. The number of Topliss-reactive ketones (excluding diaryl/α,β-unsaturated/α-hetero) is 1. The van der Waals surface area contributed by atoms with E-state index in [0.29, 0.717) is 40.7 Å². The average molecular weight is 492 g/mol. The molecule has 7 nitrogen and oxygen atoms in total. The first-order chi connectivity index (χ1) is 17.3. The minimum atomic E-state index is -0.993. The van der Waals surface area contributed by atoms with Crippen molar-refractivity contribution in [2.45, 2.75) is 19.9 Å². The lowest BCUT2D eigenvalue weighted by Gasteiger charge is -2.26. The number of carbonyl (C=O) groups excluding carboxylic acids is 2. The number of methoxy groups -OCH3 is 2. The maximum absolute atomic E-state index is 13.9. The molecule has 0 radical (unpaired) electrons. The lowest BCUT2D eigenvalue weighted by molar-refractivity contribution is -0.132. The second-order valence-electron chi connectivity index (χ2n) is 8.18. The van der Waals surface area contributed by atoms with Crippen LogP contribution in [0.1, 0.15) is 29.7 Å². The topological polar surface area (TPSA) is 85.3 Å². The van der Waals surface area contributed by atoms with Crippen LogP contribution in [0, 0.1) is 12.7 Å². The van der Waals surface area contributed by atoms with E-state index in [1.165, 1.54) is 37.3 Å². The third kappa shape index (κ3) is 4.37. The van der Waals surface area contributed by atoms with Gasteiger partial charge in [-0.2, -0.15) is 0 Å². The Hall–Kier alpha value is -4.33. The zero-order valence-electron chi connectivity index (χ0n) is 20.4. The molecule has 1 aliphatic rings. The van der Waals surface area contributed by atoms with Crippen LogP contribution in [0.4, 0.5) is 10.1 Å². The standard InChI is InChI=1S/C28H26FNO6/c1-5-36-23-14-17(10-12-22(23)35-4)25-24(26(31)18-9-11-21(29)16(2)13-18)27(32)28(33)30(25)19-7-6-8-20(15-19)34-3/h6-15,25,31H,5H2,1-4H3/b26-24-. The van der Waals surface area contributed by atoms with Gasteiger partial charge in [-0.25, -0.2) is 4.39 Å². The van der Waals surface area contributed by atoms with Crippen LogP contribution in [-0.4, -0.2) is 37.6 Å². The molecule has 36 heavy (non-hydrogen) atoms. The first-order valence-electron chi connectivity index (χ1n) is 11.3. The summed E-state index contributed by atoms with van der Waals surface area (Å²) in [5, 5.41) is 11.3. The Kier molecular flexibility index (Phi) is 6.96. The number of aliphatic hydroxyl groups is 1. The fourth-order valence-corrected chi connectivity index (χ4v) is 4.25. The van der Waals surface area contributed by atoms with Crippen LogP contribution >= 0.6 is 0 Å². The highest BCUT2D eigenvalue weighted by atomic mass is 19.1. The number of nitrogens with zero attached hydrogens (tertiary/aromatic N) is 1. The number of halogens is 1. The number of amides is 1. The summed E-state index contributed by atoms with van der Waals surface area (Å²) in [6.45, 7) is 3.74. The van der Waals surface area contributed by atoms with Crippen molar-refractivity contribution < 1.29 is 33.3 Å². The van der Waals surface area contributed by atoms with E-state index in [0.717, 1.165) is 0 Å². The molecule has 1 saturated heterocycles. The van der Waals surface area contributed by atoms with Gasteiger partial charge in [0, 0.05) is 17.3 Å². The van der Waals surface area contributed by atoms with E-state index in [1.54, 1.807) is 49.4 Å². The Morgan fingerprint density at radius 2 is 1.78 bits per heavy atom. The van der Waals surface area contributed by atoms with Crippen LogP contribution in [0.25, 0.3) is 5.76 Å². The number of benzene rings is 3. The number of ether oxygens (including phenoxy) is 3. The van der Waals surface area contributed by atoms with E-state index < -0.39 is 29.3 Å². The summed E-state index contributed by atoms with van der Waals surface area (Å²) in [4.78, 5) is 28.0. The molecule has 3 aromatic rings. The van der Waals surface area contributed by atoms with Gasteiger partial charge in [-0.3, -0.25) is 14.5 Å². The second kappa shape index (κ2) is 10.1. The zero-order chi connectivity index (χ0) is 26.0. The van der Waals surface area contributed by atoms with Gasteiger partial charge < -0.3 is 19.3 Å². The predicted molar refractivity (Wildman–Crippen MR) is 133 cm³/mol. The molecule has 0 aliphatic carbocycles. The highest BCUT2D eigenvalue weighted by molar-refractivity contribution is 6.51. The smallest absolute Gasteiger partial charge is 0.300 e. The second-order valence-corrected chi connectivity index (χ2v) is 8.18. The number of anilines is 1. The molecule has 1 fully saturated rings. The summed E-state index contributed by atoms with van der Waals surface area (Å²) in [7, 11) is 3.01. The van der Waals surface area contributed by atoms with Gasteiger partial charge in [0.2, 0.25) is 0 Å². The van der Waals surface area contributed by atoms with E-state index >= 15 is 0 Å². The van der Waals surface area contributed by atoms with E-state index in [1.807, 2.05) is 6.92 Å². The van der Waals surface area contributed by atoms with Crippen LogP contribution in [0.15, 0.2) is 66.2 Å². The first-order valence-corrected chi connectivity index (χ1v) is 11.3. The Morgan fingerprint density at radius 3 is 2.44 bits per heavy atom. The maximum Gasteiger partial charge on any atom is 0.300 e. The van der Waals surface area contributed by atoms with Crippen molar-refractivity contribution >= 4 is 23.1 Å². The molecular formula is C28H26FNO6. The quantitative estimate of drug-likeness (QED) is 0.279. The van der Waals surface area contributed by atoms with Gasteiger partial charge in [0.15, 0.2) is 11.5 Å². The van der Waals surface area contributed by atoms with Gasteiger partial charge in [-0.15, -0.1) is 0 Å². The third-order valence-electron chi connectivity index (χ3n) is 6.01. The molecule has 186 valence electrons. The lowest BCUT2D eigenvalue weighted by Crippen LogP contribution is -2.29. The van der Waals surface area contributed by atoms with Crippen LogP contribution in [0.5, 0.6) is 17.2 Å². The fourth-order valence-electron chi connectivity index (χ4n) is 4.25. The van der Waals surface area contributed by atoms with Crippen LogP contribution in [0.2, 0.25) is 0 Å². The Balaban J connectivity index is 1.98.